The number of ether oxygens (including phenoxy) is 1. The van der Waals surface area contributed by atoms with Crippen LogP contribution in [-0.2, 0) is 13.5 Å². The predicted molar refractivity (Wildman–Crippen MR) is 97.8 cm³/mol. The molecule has 0 saturated carbocycles. The Morgan fingerprint density at radius 3 is 2.69 bits per heavy atom. The third kappa shape index (κ3) is 3.29. The van der Waals surface area contributed by atoms with Crippen LogP contribution in [0.15, 0.2) is 17.1 Å². The summed E-state index contributed by atoms with van der Waals surface area (Å²) in [6.07, 6.45) is 2.77. The van der Waals surface area contributed by atoms with Crippen molar-refractivity contribution in [1.29, 1.82) is 0 Å². The highest BCUT2D eigenvalue weighted by Crippen LogP contribution is 2.29. The zero-order valence-corrected chi connectivity index (χ0v) is 15.5. The lowest BCUT2D eigenvalue weighted by molar-refractivity contribution is 0.142. The van der Waals surface area contributed by atoms with Crippen molar-refractivity contribution in [3.8, 4) is 5.88 Å². The third-order valence-corrected chi connectivity index (χ3v) is 5.15. The van der Waals surface area contributed by atoms with Gasteiger partial charge in [-0.2, -0.15) is 10.1 Å². The summed E-state index contributed by atoms with van der Waals surface area (Å²) in [4.78, 5) is 25.3. The van der Waals surface area contributed by atoms with Crippen LogP contribution in [0.1, 0.15) is 17.1 Å². The van der Waals surface area contributed by atoms with Crippen molar-refractivity contribution < 1.29 is 4.74 Å². The number of hydrogen-bond donors (Lipinski definition) is 0. The molecule has 2 aromatic heterocycles. The van der Waals surface area contributed by atoms with E-state index in [-0.39, 0.29) is 11.7 Å². The minimum absolute atomic E-state index is 0.0752. The van der Waals surface area contributed by atoms with Gasteiger partial charge in [-0.1, -0.05) is 0 Å². The molecule has 0 N–H and O–H groups in total. The maximum atomic E-state index is 11.8. The molecule has 2 aliphatic rings. The van der Waals surface area contributed by atoms with E-state index in [4.69, 9.17) is 4.74 Å². The highest BCUT2D eigenvalue weighted by atomic mass is 16.5. The lowest BCUT2D eigenvalue weighted by Gasteiger charge is -2.36. The van der Waals surface area contributed by atoms with Crippen molar-refractivity contribution in [3.63, 3.8) is 0 Å². The molecule has 2 aliphatic heterocycles. The molecular weight excluding hydrogens is 332 g/mol. The molecule has 1 unspecified atom stereocenters. The van der Waals surface area contributed by atoms with Gasteiger partial charge in [0.15, 0.2) is 0 Å². The summed E-state index contributed by atoms with van der Waals surface area (Å²) in [5.41, 5.74) is 3.00. The topological polar surface area (TPSA) is 76.4 Å². The normalized spacial score (nSPS) is 20.1. The molecule has 0 aromatic carbocycles. The first-order valence-corrected chi connectivity index (χ1v) is 9.01. The Hall–Kier alpha value is -2.48. The second-order valence-electron chi connectivity index (χ2n) is 7.05. The van der Waals surface area contributed by atoms with Crippen LogP contribution >= 0.6 is 0 Å². The summed E-state index contributed by atoms with van der Waals surface area (Å²) >= 11 is 0. The average molecular weight is 356 g/mol. The molecule has 26 heavy (non-hydrogen) atoms. The largest absolute Gasteiger partial charge is 0.472 e. The molecule has 0 bridgehead atoms. The van der Waals surface area contributed by atoms with Crippen molar-refractivity contribution in [1.82, 2.24) is 24.6 Å². The second-order valence-corrected chi connectivity index (χ2v) is 7.05. The van der Waals surface area contributed by atoms with E-state index in [1.165, 1.54) is 4.68 Å². The summed E-state index contributed by atoms with van der Waals surface area (Å²) in [7, 11) is 1.66. The lowest BCUT2D eigenvalue weighted by atomic mass is 10.1. The molecular formula is C18H24N6O2. The Balaban J connectivity index is 1.34. The van der Waals surface area contributed by atoms with E-state index in [1.54, 1.807) is 19.3 Å². The molecule has 1 atom stereocenters. The first kappa shape index (κ1) is 17.0. The molecule has 2 aromatic rings. The van der Waals surface area contributed by atoms with Gasteiger partial charge in [0.05, 0.1) is 11.9 Å². The van der Waals surface area contributed by atoms with E-state index in [0.717, 1.165) is 67.8 Å². The Kier molecular flexibility index (Phi) is 4.36. The molecule has 8 nitrogen and oxygen atoms in total. The first-order chi connectivity index (χ1) is 12.5. The van der Waals surface area contributed by atoms with Crippen LogP contribution in [-0.4, -0.2) is 63.5 Å². The second kappa shape index (κ2) is 6.68. The zero-order chi connectivity index (χ0) is 18.3. The fourth-order valence-corrected chi connectivity index (χ4v) is 3.68. The predicted octanol–water partition coefficient (Wildman–Crippen LogP) is 0.313. The molecule has 1 fully saturated rings. The molecule has 4 heterocycles. The number of aromatic nitrogens is 4. The number of hydrogen-bond acceptors (Lipinski definition) is 7. The van der Waals surface area contributed by atoms with Crippen molar-refractivity contribution in [3.05, 3.63) is 39.7 Å². The van der Waals surface area contributed by atoms with Crippen LogP contribution < -0.4 is 15.2 Å². The van der Waals surface area contributed by atoms with E-state index >= 15 is 0 Å². The summed E-state index contributed by atoms with van der Waals surface area (Å²) in [6, 6.07) is 1.66. The van der Waals surface area contributed by atoms with Gasteiger partial charge < -0.3 is 9.64 Å². The van der Waals surface area contributed by atoms with Gasteiger partial charge >= 0.3 is 0 Å². The SMILES string of the molecule is Cc1nc(C)c2c(n1)OC(CN1CCN(c3cnn(C)c(=O)c3)CC1)C2. The van der Waals surface area contributed by atoms with E-state index in [1.807, 2.05) is 13.8 Å². The van der Waals surface area contributed by atoms with Crippen molar-refractivity contribution in [2.24, 2.45) is 7.05 Å². The summed E-state index contributed by atoms with van der Waals surface area (Å²) in [5, 5.41) is 4.11. The van der Waals surface area contributed by atoms with E-state index in [2.05, 4.69) is 24.9 Å². The summed E-state index contributed by atoms with van der Waals surface area (Å²) in [6.45, 7) is 8.45. The van der Waals surface area contributed by atoms with E-state index < -0.39 is 0 Å². The monoisotopic (exact) mass is 356 g/mol. The van der Waals surface area contributed by atoms with Crippen molar-refractivity contribution in [2.45, 2.75) is 26.4 Å². The zero-order valence-electron chi connectivity index (χ0n) is 15.5. The van der Waals surface area contributed by atoms with Crippen molar-refractivity contribution >= 4 is 5.69 Å². The van der Waals surface area contributed by atoms with Crippen LogP contribution in [0.4, 0.5) is 5.69 Å². The Morgan fingerprint density at radius 2 is 1.96 bits per heavy atom. The van der Waals surface area contributed by atoms with Gasteiger partial charge in [0, 0.05) is 63.5 Å². The lowest BCUT2D eigenvalue weighted by Crippen LogP contribution is -2.49. The van der Waals surface area contributed by atoms with E-state index in [0.29, 0.717) is 0 Å². The standard InChI is InChI=1S/C18H24N6O2/c1-12-16-9-15(26-18(16)21-13(2)20-12)11-23-4-6-24(7-5-23)14-8-17(25)22(3)19-10-14/h8,10,15H,4-7,9,11H2,1-3H3. The fourth-order valence-electron chi connectivity index (χ4n) is 3.68. The number of fused-ring (bicyclic) bond motifs is 1. The molecule has 0 radical (unpaired) electrons. The maximum absolute atomic E-state index is 11.8. The summed E-state index contributed by atoms with van der Waals surface area (Å²) in [5.74, 6) is 1.52. The quantitative estimate of drug-likeness (QED) is 0.783. The third-order valence-electron chi connectivity index (χ3n) is 5.15. The number of piperazine rings is 1. The minimum atomic E-state index is -0.0752. The molecule has 138 valence electrons. The maximum Gasteiger partial charge on any atom is 0.268 e. The number of nitrogens with zero attached hydrogens (tertiary/aromatic N) is 6. The van der Waals surface area contributed by atoms with Crippen LogP contribution in [0.25, 0.3) is 0 Å². The molecule has 8 heteroatoms. The van der Waals surface area contributed by atoms with Gasteiger partial charge in [-0.05, 0) is 13.8 Å². The average Bonchev–Trinajstić information content (AvgIpc) is 3.01. The van der Waals surface area contributed by atoms with E-state index in [9.17, 15) is 4.79 Å². The van der Waals surface area contributed by atoms with Crippen LogP contribution in [0.3, 0.4) is 0 Å². The van der Waals surface area contributed by atoms with Gasteiger partial charge in [-0.15, -0.1) is 0 Å². The molecule has 0 aliphatic carbocycles. The smallest absolute Gasteiger partial charge is 0.268 e. The number of rotatable bonds is 3. The summed E-state index contributed by atoms with van der Waals surface area (Å²) < 4.78 is 7.40. The minimum Gasteiger partial charge on any atom is -0.472 e. The van der Waals surface area contributed by atoms with Crippen LogP contribution in [0.5, 0.6) is 5.88 Å². The highest BCUT2D eigenvalue weighted by Gasteiger charge is 2.29. The Labute approximate surface area is 152 Å². The molecule has 0 amide bonds. The van der Waals surface area contributed by atoms with Crippen LogP contribution in [0.2, 0.25) is 0 Å². The Bertz CT molecular complexity index is 872. The van der Waals surface area contributed by atoms with Gasteiger partial charge in [0.1, 0.15) is 11.9 Å². The molecule has 0 spiro atoms. The van der Waals surface area contributed by atoms with Gasteiger partial charge in [0.25, 0.3) is 5.56 Å². The number of anilines is 1. The van der Waals surface area contributed by atoms with Gasteiger partial charge in [-0.3, -0.25) is 9.69 Å². The molecule has 1 saturated heterocycles. The number of aryl methyl sites for hydroxylation is 3. The Morgan fingerprint density at radius 1 is 1.19 bits per heavy atom. The van der Waals surface area contributed by atoms with Crippen LogP contribution in [0, 0.1) is 13.8 Å². The fraction of sp³-hybridized carbons (Fsp3) is 0.556. The van der Waals surface area contributed by atoms with Crippen molar-refractivity contribution in [2.75, 3.05) is 37.6 Å². The highest BCUT2D eigenvalue weighted by molar-refractivity contribution is 5.43. The first-order valence-electron chi connectivity index (χ1n) is 9.01. The van der Waals surface area contributed by atoms with Gasteiger partial charge in [0.2, 0.25) is 5.88 Å². The molecule has 4 rings (SSSR count). The van der Waals surface area contributed by atoms with Gasteiger partial charge in [-0.25, -0.2) is 9.67 Å².